The normalized spacial score (nSPS) is 10.1. The molecular formula is C5H10N4O. The average Bonchev–Trinajstić information content (AvgIpc) is 2.20. The van der Waals surface area contributed by atoms with Gasteiger partial charge in [0, 0.05) is 13.0 Å². The molecule has 1 heterocycles. The molecule has 0 aliphatic carbocycles. The van der Waals surface area contributed by atoms with Crippen LogP contribution in [-0.2, 0) is 6.42 Å². The van der Waals surface area contributed by atoms with Crippen molar-refractivity contribution in [3.63, 3.8) is 0 Å². The highest BCUT2D eigenvalue weighted by atomic mass is 16.3. The molecule has 0 aliphatic rings. The van der Waals surface area contributed by atoms with Gasteiger partial charge in [-0.05, 0) is 0 Å². The summed E-state index contributed by atoms with van der Waals surface area (Å²) in [7, 11) is 0. The molecule has 0 aromatic carbocycles. The summed E-state index contributed by atoms with van der Waals surface area (Å²) in [4.78, 5) is 0. The van der Waals surface area contributed by atoms with Crippen LogP contribution in [0.3, 0.4) is 0 Å². The van der Waals surface area contributed by atoms with Crippen molar-refractivity contribution in [1.82, 2.24) is 10.2 Å². The van der Waals surface area contributed by atoms with Crippen molar-refractivity contribution < 1.29 is 5.11 Å². The number of nitrogens with two attached hydrogens (primary N) is 2. The number of H-pyrrole nitrogens is 1. The summed E-state index contributed by atoms with van der Waals surface area (Å²) in [5, 5.41) is 14.8. The van der Waals surface area contributed by atoms with Crippen LogP contribution in [0.4, 0.5) is 11.5 Å². The Morgan fingerprint density at radius 1 is 1.50 bits per heavy atom. The molecule has 6 N–H and O–H groups in total. The quantitative estimate of drug-likeness (QED) is 0.430. The number of aliphatic hydroxyl groups is 1. The number of aromatic nitrogens is 2. The first kappa shape index (κ1) is 6.88. The Labute approximate surface area is 58.0 Å². The van der Waals surface area contributed by atoms with Gasteiger partial charge in [-0.25, -0.2) is 0 Å². The van der Waals surface area contributed by atoms with E-state index in [0.29, 0.717) is 23.6 Å². The fourth-order valence-electron chi connectivity index (χ4n) is 0.700. The van der Waals surface area contributed by atoms with Gasteiger partial charge in [0.1, 0.15) is 5.82 Å². The van der Waals surface area contributed by atoms with E-state index < -0.39 is 0 Å². The summed E-state index contributed by atoms with van der Waals surface area (Å²) < 4.78 is 0. The van der Waals surface area contributed by atoms with Gasteiger partial charge in [-0.2, -0.15) is 5.10 Å². The first-order valence-electron chi connectivity index (χ1n) is 2.94. The molecule has 10 heavy (non-hydrogen) atoms. The monoisotopic (exact) mass is 142 g/mol. The largest absolute Gasteiger partial charge is 0.396 e. The molecule has 0 atom stereocenters. The van der Waals surface area contributed by atoms with E-state index in [-0.39, 0.29) is 6.61 Å². The number of aromatic amines is 1. The molecule has 1 rings (SSSR count). The van der Waals surface area contributed by atoms with Gasteiger partial charge in [-0.3, -0.25) is 5.10 Å². The molecule has 0 unspecified atom stereocenters. The summed E-state index contributed by atoms with van der Waals surface area (Å²) in [6.45, 7) is 0.0362. The van der Waals surface area contributed by atoms with Crippen molar-refractivity contribution in [2.24, 2.45) is 0 Å². The van der Waals surface area contributed by atoms with Crippen LogP contribution in [0, 0.1) is 0 Å². The van der Waals surface area contributed by atoms with Crippen LogP contribution >= 0.6 is 0 Å². The maximum atomic E-state index is 8.50. The molecule has 0 fully saturated rings. The Morgan fingerprint density at radius 2 is 2.20 bits per heavy atom. The Hall–Kier alpha value is -1.23. The van der Waals surface area contributed by atoms with Crippen LogP contribution in [0.25, 0.3) is 0 Å². The lowest BCUT2D eigenvalue weighted by Gasteiger charge is -1.91. The van der Waals surface area contributed by atoms with Gasteiger partial charge in [0.15, 0.2) is 0 Å². The van der Waals surface area contributed by atoms with Crippen molar-refractivity contribution >= 4 is 11.5 Å². The third-order valence-corrected chi connectivity index (χ3v) is 1.26. The molecular weight excluding hydrogens is 132 g/mol. The van der Waals surface area contributed by atoms with Gasteiger partial charge in [-0.1, -0.05) is 0 Å². The van der Waals surface area contributed by atoms with Gasteiger partial charge in [-0.15, -0.1) is 0 Å². The van der Waals surface area contributed by atoms with E-state index in [2.05, 4.69) is 10.2 Å². The zero-order valence-electron chi connectivity index (χ0n) is 5.46. The second kappa shape index (κ2) is 2.57. The third kappa shape index (κ3) is 1.03. The van der Waals surface area contributed by atoms with Crippen LogP contribution in [0.15, 0.2) is 0 Å². The molecule has 0 bridgehead atoms. The molecule has 0 aliphatic heterocycles. The predicted octanol–water partition coefficient (Wildman–Crippen LogP) is -0.891. The van der Waals surface area contributed by atoms with Crippen LogP contribution in [0.1, 0.15) is 5.69 Å². The molecule has 5 heteroatoms. The number of rotatable bonds is 2. The topological polar surface area (TPSA) is 101 Å². The first-order valence-corrected chi connectivity index (χ1v) is 2.94. The highest BCUT2D eigenvalue weighted by Crippen LogP contribution is 2.14. The molecule has 56 valence electrons. The van der Waals surface area contributed by atoms with E-state index in [1.54, 1.807) is 0 Å². The SMILES string of the molecule is Nc1[nH]nc(CCO)c1N. The van der Waals surface area contributed by atoms with Gasteiger partial charge in [0.2, 0.25) is 0 Å². The van der Waals surface area contributed by atoms with Crippen LogP contribution < -0.4 is 11.5 Å². The van der Waals surface area contributed by atoms with E-state index in [1.165, 1.54) is 0 Å². The Balaban J connectivity index is 2.83. The minimum Gasteiger partial charge on any atom is -0.396 e. The molecule has 0 spiro atoms. The van der Waals surface area contributed by atoms with E-state index in [1.807, 2.05) is 0 Å². The standard InChI is InChI=1S/C5H10N4O/c6-4-3(1-2-10)8-9-5(4)7/h10H,1-2,6H2,(H3,7,8,9). The minimum absolute atomic E-state index is 0.0362. The summed E-state index contributed by atoms with van der Waals surface area (Å²) in [6.07, 6.45) is 0.444. The zero-order chi connectivity index (χ0) is 7.56. The summed E-state index contributed by atoms with van der Waals surface area (Å²) in [6, 6.07) is 0. The first-order chi connectivity index (χ1) is 4.75. The Bertz CT molecular complexity index is 219. The second-order valence-electron chi connectivity index (χ2n) is 1.97. The predicted molar refractivity (Wildman–Crippen MR) is 38.2 cm³/mol. The lowest BCUT2D eigenvalue weighted by Crippen LogP contribution is -1.97. The molecule has 0 saturated carbocycles. The maximum absolute atomic E-state index is 8.50. The van der Waals surface area contributed by atoms with Crippen molar-refractivity contribution in [3.05, 3.63) is 5.69 Å². The smallest absolute Gasteiger partial charge is 0.142 e. The summed E-state index contributed by atoms with van der Waals surface area (Å²) in [5.41, 5.74) is 11.9. The number of anilines is 2. The average molecular weight is 142 g/mol. The number of hydrogen-bond acceptors (Lipinski definition) is 4. The van der Waals surface area contributed by atoms with Gasteiger partial charge >= 0.3 is 0 Å². The number of nitrogens with one attached hydrogen (secondary N) is 1. The summed E-state index contributed by atoms with van der Waals surface area (Å²) in [5.74, 6) is 0.364. The number of aliphatic hydroxyl groups excluding tert-OH is 1. The lowest BCUT2D eigenvalue weighted by atomic mass is 10.3. The lowest BCUT2D eigenvalue weighted by molar-refractivity contribution is 0.298. The van der Waals surface area contributed by atoms with E-state index in [4.69, 9.17) is 16.6 Å². The van der Waals surface area contributed by atoms with Crippen molar-refractivity contribution in [2.45, 2.75) is 6.42 Å². The highest BCUT2D eigenvalue weighted by molar-refractivity contribution is 5.61. The fourth-order valence-corrected chi connectivity index (χ4v) is 0.700. The minimum atomic E-state index is 0.0362. The second-order valence-corrected chi connectivity index (χ2v) is 1.97. The fraction of sp³-hybridized carbons (Fsp3) is 0.400. The molecule has 0 amide bonds. The van der Waals surface area contributed by atoms with Crippen LogP contribution in [0.2, 0.25) is 0 Å². The van der Waals surface area contributed by atoms with E-state index >= 15 is 0 Å². The molecule has 1 aromatic heterocycles. The molecule has 0 radical (unpaired) electrons. The molecule has 1 aromatic rings. The van der Waals surface area contributed by atoms with E-state index in [9.17, 15) is 0 Å². The van der Waals surface area contributed by atoms with Crippen LogP contribution in [-0.4, -0.2) is 21.9 Å². The molecule has 5 nitrogen and oxygen atoms in total. The van der Waals surface area contributed by atoms with Crippen molar-refractivity contribution in [1.29, 1.82) is 0 Å². The zero-order valence-corrected chi connectivity index (χ0v) is 5.46. The number of hydrogen-bond donors (Lipinski definition) is 4. The van der Waals surface area contributed by atoms with Crippen molar-refractivity contribution in [2.75, 3.05) is 18.1 Å². The van der Waals surface area contributed by atoms with Crippen molar-refractivity contribution in [3.8, 4) is 0 Å². The van der Waals surface area contributed by atoms with Crippen LogP contribution in [0.5, 0.6) is 0 Å². The number of nitrogen functional groups attached to an aromatic ring is 2. The van der Waals surface area contributed by atoms with E-state index in [0.717, 1.165) is 0 Å². The van der Waals surface area contributed by atoms with Gasteiger partial charge < -0.3 is 16.6 Å². The maximum Gasteiger partial charge on any atom is 0.142 e. The Morgan fingerprint density at radius 3 is 2.60 bits per heavy atom. The van der Waals surface area contributed by atoms with Gasteiger partial charge in [0.25, 0.3) is 0 Å². The summed E-state index contributed by atoms with van der Waals surface area (Å²) >= 11 is 0. The highest BCUT2D eigenvalue weighted by Gasteiger charge is 2.04. The third-order valence-electron chi connectivity index (χ3n) is 1.26. The molecule has 0 saturated heterocycles. The van der Waals surface area contributed by atoms with Gasteiger partial charge in [0.05, 0.1) is 11.4 Å². The number of nitrogens with zero attached hydrogens (tertiary/aromatic N) is 1. The Kier molecular flexibility index (Phi) is 1.77.